The van der Waals surface area contributed by atoms with E-state index in [4.69, 9.17) is 16.3 Å². The topological polar surface area (TPSA) is 58.6 Å². The molecule has 0 aromatic heterocycles. The molecule has 0 aliphatic heterocycles. The number of hydrogen-bond acceptors (Lipinski definition) is 3. The van der Waals surface area contributed by atoms with Crippen LogP contribution in [0, 0.1) is 5.92 Å². The highest BCUT2D eigenvalue weighted by atomic mass is 79.9. The summed E-state index contributed by atoms with van der Waals surface area (Å²) in [5.74, 6) is 0.545. The Labute approximate surface area is 125 Å². The summed E-state index contributed by atoms with van der Waals surface area (Å²) in [5, 5.41) is 12.7. The van der Waals surface area contributed by atoms with Crippen LogP contribution in [0.4, 0.5) is 0 Å². The third kappa shape index (κ3) is 4.67. The van der Waals surface area contributed by atoms with E-state index in [-0.39, 0.29) is 19.1 Å². The minimum Gasteiger partial charge on any atom is -0.482 e. The van der Waals surface area contributed by atoms with Gasteiger partial charge in [0.15, 0.2) is 6.61 Å². The highest BCUT2D eigenvalue weighted by molar-refractivity contribution is 9.10. The SMILES string of the molecule is O=C(COc1ccc(Br)cc1Cl)NCC(O)C1CC1. The summed E-state index contributed by atoms with van der Waals surface area (Å²) in [6, 6.07) is 5.18. The van der Waals surface area contributed by atoms with Crippen LogP contribution in [0.2, 0.25) is 5.02 Å². The molecule has 1 unspecified atom stereocenters. The minimum absolute atomic E-state index is 0.112. The van der Waals surface area contributed by atoms with Gasteiger partial charge in [-0.3, -0.25) is 4.79 Å². The van der Waals surface area contributed by atoms with Crippen molar-refractivity contribution >= 4 is 33.4 Å². The maximum absolute atomic E-state index is 11.5. The first-order valence-corrected chi connectivity index (χ1v) is 7.26. The van der Waals surface area contributed by atoms with Gasteiger partial charge in [0.2, 0.25) is 0 Å². The van der Waals surface area contributed by atoms with Crippen LogP contribution in [0.25, 0.3) is 0 Å². The van der Waals surface area contributed by atoms with Gasteiger partial charge in [0.05, 0.1) is 11.1 Å². The largest absolute Gasteiger partial charge is 0.482 e. The third-order valence-electron chi connectivity index (χ3n) is 2.93. The van der Waals surface area contributed by atoms with E-state index in [9.17, 15) is 9.90 Å². The Morgan fingerprint density at radius 1 is 1.58 bits per heavy atom. The molecule has 4 nitrogen and oxygen atoms in total. The second-order valence-electron chi connectivity index (χ2n) is 4.57. The zero-order valence-electron chi connectivity index (χ0n) is 10.2. The van der Waals surface area contributed by atoms with Crippen LogP contribution >= 0.6 is 27.5 Å². The molecular formula is C13H15BrClNO3. The molecule has 1 aromatic rings. The second kappa shape index (κ2) is 6.59. The lowest BCUT2D eigenvalue weighted by atomic mass is 10.2. The Hall–Kier alpha value is -0.780. The number of aliphatic hydroxyl groups excluding tert-OH is 1. The summed E-state index contributed by atoms with van der Waals surface area (Å²) in [6.07, 6.45) is 1.64. The highest BCUT2D eigenvalue weighted by Crippen LogP contribution is 2.32. The molecule has 1 aliphatic rings. The molecule has 1 aromatic carbocycles. The molecule has 1 amide bonds. The van der Waals surface area contributed by atoms with E-state index in [2.05, 4.69) is 21.2 Å². The molecule has 1 atom stereocenters. The van der Waals surface area contributed by atoms with Crippen LogP contribution in [0.5, 0.6) is 5.75 Å². The van der Waals surface area contributed by atoms with Gasteiger partial charge in [0.25, 0.3) is 5.91 Å². The number of hydrogen-bond donors (Lipinski definition) is 2. The van der Waals surface area contributed by atoms with Gasteiger partial charge in [-0.25, -0.2) is 0 Å². The second-order valence-corrected chi connectivity index (χ2v) is 5.90. The van der Waals surface area contributed by atoms with Crippen molar-refractivity contribution in [3.8, 4) is 5.75 Å². The molecule has 0 bridgehead atoms. The summed E-state index contributed by atoms with van der Waals surface area (Å²) < 4.78 is 6.16. The number of amides is 1. The van der Waals surface area contributed by atoms with Gasteiger partial charge >= 0.3 is 0 Å². The fourth-order valence-corrected chi connectivity index (χ4v) is 2.38. The predicted octanol–water partition coefficient (Wildman–Crippen LogP) is 2.37. The van der Waals surface area contributed by atoms with Crippen LogP contribution in [0.3, 0.4) is 0 Å². The Balaban J connectivity index is 1.73. The normalized spacial score (nSPS) is 15.9. The lowest BCUT2D eigenvalue weighted by molar-refractivity contribution is -0.123. The summed E-state index contributed by atoms with van der Waals surface area (Å²) in [7, 11) is 0. The molecule has 1 aliphatic carbocycles. The first kappa shape index (κ1) is 14.6. The van der Waals surface area contributed by atoms with Gasteiger partial charge in [-0.15, -0.1) is 0 Å². The van der Waals surface area contributed by atoms with Gasteiger partial charge in [0.1, 0.15) is 5.75 Å². The molecule has 104 valence electrons. The van der Waals surface area contributed by atoms with E-state index in [0.29, 0.717) is 16.7 Å². The lowest BCUT2D eigenvalue weighted by Gasteiger charge is -2.12. The summed E-state index contributed by atoms with van der Waals surface area (Å²) in [5.41, 5.74) is 0. The van der Waals surface area contributed by atoms with Gasteiger partial charge < -0.3 is 15.2 Å². The van der Waals surface area contributed by atoms with Crippen LogP contribution in [0.15, 0.2) is 22.7 Å². The first-order chi connectivity index (χ1) is 9.06. The number of halogens is 2. The zero-order valence-corrected chi connectivity index (χ0v) is 12.6. The molecule has 6 heteroatoms. The van der Waals surface area contributed by atoms with Gasteiger partial charge in [-0.1, -0.05) is 27.5 Å². The fourth-order valence-electron chi connectivity index (χ4n) is 1.65. The molecule has 0 radical (unpaired) electrons. The molecular weight excluding hydrogens is 334 g/mol. The van der Waals surface area contributed by atoms with Crippen molar-refractivity contribution in [2.75, 3.05) is 13.2 Å². The zero-order chi connectivity index (χ0) is 13.8. The number of aliphatic hydroxyl groups is 1. The van der Waals surface area contributed by atoms with E-state index in [1.165, 1.54) is 0 Å². The van der Waals surface area contributed by atoms with Crippen molar-refractivity contribution in [2.24, 2.45) is 5.92 Å². The number of ether oxygens (including phenoxy) is 1. The lowest BCUT2D eigenvalue weighted by Crippen LogP contribution is -2.36. The van der Waals surface area contributed by atoms with Crippen LogP contribution < -0.4 is 10.1 Å². The molecule has 2 rings (SSSR count). The Morgan fingerprint density at radius 3 is 2.95 bits per heavy atom. The van der Waals surface area contributed by atoms with Crippen molar-refractivity contribution in [1.82, 2.24) is 5.32 Å². The Morgan fingerprint density at radius 2 is 2.32 bits per heavy atom. The smallest absolute Gasteiger partial charge is 0.258 e. The maximum Gasteiger partial charge on any atom is 0.258 e. The van der Waals surface area contributed by atoms with Crippen LogP contribution in [-0.4, -0.2) is 30.3 Å². The van der Waals surface area contributed by atoms with E-state index < -0.39 is 6.10 Å². The molecule has 1 saturated carbocycles. The Bertz CT molecular complexity index is 465. The monoisotopic (exact) mass is 347 g/mol. The van der Waals surface area contributed by atoms with Crippen molar-refractivity contribution in [3.63, 3.8) is 0 Å². The number of benzene rings is 1. The molecule has 19 heavy (non-hydrogen) atoms. The molecule has 2 N–H and O–H groups in total. The summed E-state index contributed by atoms with van der Waals surface area (Å²) >= 11 is 9.25. The highest BCUT2D eigenvalue weighted by Gasteiger charge is 2.29. The van der Waals surface area contributed by atoms with E-state index in [1.807, 2.05) is 0 Å². The molecule has 0 spiro atoms. The Kier molecular flexibility index (Phi) is 5.07. The van der Waals surface area contributed by atoms with E-state index >= 15 is 0 Å². The van der Waals surface area contributed by atoms with Crippen molar-refractivity contribution in [3.05, 3.63) is 27.7 Å². The van der Waals surface area contributed by atoms with Crippen LogP contribution in [-0.2, 0) is 4.79 Å². The van der Waals surface area contributed by atoms with Crippen molar-refractivity contribution in [2.45, 2.75) is 18.9 Å². The maximum atomic E-state index is 11.5. The quantitative estimate of drug-likeness (QED) is 0.830. The number of rotatable bonds is 6. The van der Waals surface area contributed by atoms with Crippen LogP contribution in [0.1, 0.15) is 12.8 Å². The van der Waals surface area contributed by atoms with Gasteiger partial charge in [-0.2, -0.15) is 0 Å². The predicted molar refractivity (Wildman–Crippen MR) is 76.4 cm³/mol. The minimum atomic E-state index is -0.444. The van der Waals surface area contributed by atoms with Gasteiger partial charge in [0, 0.05) is 11.0 Å². The fraction of sp³-hybridized carbons (Fsp3) is 0.462. The van der Waals surface area contributed by atoms with E-state index in [0.717, 1.165) is 17.3 Å². The van der Waals surface area contributed by atoms with Crippen molar-refractivity contribution in [1.29, 1.82) is 0 Å². The number of carbonyl (C=O) groups excluding carboxylic acids is 1. The molecule has 0 saturated heterocycles. The number of carbonyl (C=O) groups is 1. The van der Waals surface area contributed by atoms with E-state index in [1.54, 1.807) is 18.2 Å². The molecule has 1 fully saturated rings. The third-order valence-corrected chi connectivity index (χ3v) is 3.72. The average Bonchev–Trinajstić information content (AvgIpc) is 3.19. The molecule has 0 heterocycles. The first-order valence-electron chi connectivity index (χ1n) is 6.09. The van der Waals surface area contributed by atoms with Gasteiger partial charge in [-0.05, 0) is 37.0 Å². The summed E-state index contributed by atoms with van der Waals surface area (Å²) in [4.78, 5) is 11.5. The summed E-state index contributed by atoms with van der Waals surface area (Å²) in [6.45, 7) is 0.166. The standard InChI is InChI=1S/C13H15BrClNO3/c14-9-3-4-12(10(15)5-9)19-7-13(18)16-6-11(17)8-1-2-8/h3-5,8,11,17H,1-2,6-7H2,(H,16,18). The number of nitrogens with one attached hydrogen (secondary N) is 1. The average molecular weight is 349 g/mol. The van der Waals surface area contributed by atoms with Crippen molar-refractivity contribution < 1.29 is 14.6 Å².